The summed E-state index contributed by atoms with van der Waals surface area (Å²) >= 11 is 5.96. The zero-order valence-corrected chi connectivity index (χ0v) is 12.6. The van der Waals surface area contributed by atoms with E-state index in [2.05, 4.69) is 20.4 Å². The maximum atomic E-state index is 5.96. The highest BCUT2D eigenvalue weighted by atomic mass is 35.5. The quantitative estimate of drug-likeness (QED) is 0.929. The van der Waals surface area contributed by atoms with E-state index < -0.39 is 0 Å². The van der Waals surface area contributed by atoms with Gasteiger partial charge in [-0.2, -0.15) is 4.98 Å². The lowest BCUT2D eigenvalue weighted by Gasteiger charge is -2.25. The highest BCUT2D eigenvalue weighted by Gasteiger charge is 2.17. The topological polar surface area (TPSA) is 63.4 Å². The van der Waals surface area contributed by atoms with Crippen molar-refractivity contribution in [2.75, 3.05) is 33.3 Å². The molecule has 0 amide bonds. The molecule has 1 N–H and O–H groups in total. The number of rotatable bonds is 4. The Morgan fingerprint density at radius 2 is 2.19 bits per heavy atom. The second-order valence-electron chi connectivity index (χ2n) is 4.88. The van der Waals surface area contributed by atoms with Crippen molar-refractivity contribution >= 4 is 11.6 Å². The average molecular weight is 309 g/mol. The van der Waals surface area contributed by atoms with Gasteiger partial charge in [-0.15, -0.1) is 0 Å². The third kappa shape index (κ3) is 3.34. The lowest BCUT2D eigenvalue weighted by molar-refractivity contribution is 0.203. The first-order valence-corrected chi connectivity index (χ1v) is 7.23. The Balaban J connectivity index is 1.78. The van der Waals surface area contributed by atoms with Gasteiger partial charge < -0.3 is 14.6 Å². The summed E-state index contributed by atoms with van der Waals surface area (Å²) in [6.07, 6.45) is 0. The van der Waals surface area contributed by atoms with Crippen molar-refractivity contribution in [3.63, 3.8) is 0 Å². The highest BCUT2D eigenvalue weighted by molar-refractivity contribution is 6.30. The summed E-state index contributed by atoms with van der Waals surface area (Å²) in [7, 11) is 1.59. The number of aromatic nitrogens is 2. The van der Waals surface area contributed by atoms with Crippen LogP contribution in [0.2, 0.25) is 5.02 Å². The molecule has 6 nitrogen and oxygen atoms in total. The van der Waals surface area contributed by atoms with Crippen LogP contribution in [0.4, 0.5) is 0 Å². The molecule has 0 spiro atoms. The highest BCUT2D eigenvalue weighted by Crippen LogP contribution is 2.30. The Morgan fingerprint density at radius 1 is 1.38 bits per heavy atom. The van der Waals surface area contributed by atoms with Crippen LogP contribution in [0.5, 0.6) is 5.75 Å². The normalized spacial score (nSPS) is 16.1. The fourth-order valence-electron chi connectivity index (χ4n) is 2.34. The molecule has 1 aromatic heterocycles. The molecule has 0 radical (unpaired) electrons. The van der Waals surface area contributed by atoms with E-state index in [4.69, 9.17) is 20.9 Å². The third-order valence-electron chi connectivity index (χ3n) is 3.44. The van der Waals surface area contributed by atoms with Crippen molar-refractivity contribution in [2.45, 2.75) is 6.54 Å². The van der Waals surface area contributed by atoms with Crippen LogP contribution in [0.1, 0.15) is 5.89 Å². The van der Waals surface area contributed by atoms with E-state index in [1.54, 1.807) is 19.2 Å². The Kier molecular flexibility index (Phi) is 4.38. The van der Waals surface area contributed by atoms with Gasteiger partial charge in [0.15, 0.2) is 0 Å². The number of halogens is 1. The molecule has 2 heterocycles. The molecule has 0 saturated carbocycles. The smallest absolute Gasteiger partial charge is 0.241 e. The molecule has 1 saturated heterocycles. The Labute approximate surface area is 128 Å². The van der Waals surface area contributed by atoms with Crippen LogP contribution in [0.15, 0.2) is 22.7 Å². The van der Waals surface area contributed by atoms with Crippen LogP contribution in [-0.2, 0) is 6.54 Å². The van der Waals surface area contributed by atoms with Crippen LogP contribution >= 0.6 is 11.6 Å². The number of nitrogens with one attached hydrogen (secondary N) is 1. The third-order valence-corrected chi connectivity index (χ3v) is 3.68. The summed E-state index contributed by atoms with van der Waals surface area (Å²) in [6.45, 7) is 4.63. The van der Waals surface area contributed by atoms with Crippen LogP contribution in [0, 0.1) is 0 Å². The number of nitrogens with zero attached hydrogens (tertiary/aromatic N) is 3. The van der Waals surface area contributed by atoms with Crippen LogP contribution in [0.3, 0.4) is 0 Å². The number of hydrogen-bond donors (Lipinski definition) is 1. The number of piperazine rings is 1. The van der Waals surface area contributed by atoms with Gasteiger partial charge in [-0.05, 0) is 18.2 Å². The molecule has 0 bridgehead atoms. The van der Waals surface area contributed by atoms with E-state index >= 15 is 0 Å². The molecular weight excluding hydrogens is 292 g/mol. The van der Waals surface area contributed by atoms with E-state index in [1.807, 2.05) is 6.07 Å². The number of benzene rings is 1. The number of ether oxygens (including phenoxy) is 1. The molecule has 1 aliphatic heterocycles. The van der Waals surface area contributed by atoms with Crippen molar-refractivity contribution in [3.8, 4) is 17.1 Å². The summed E-state index contributed by atoms with van der Waals surface area (Å²) in [6, 6.07) is 5.36. The zero-order valence-electron chi connectivity index (χ0n) is 11.8. The Morgan fingerprint density at radius 3 is 2.95 bits per heavy atom. The monoisotopic (exact) mass is 308 g/mol. The van der Waals surface area contributed by atoms with Gasteiger partial charge in [0.1, 0.15) is 5.75 Å². The van der Waals surface area contributed by atoms with Gasteiger partial charge in [-0.1, -0.05) is 16.8 Å². The lowest BCUT2D eigenvalue weighted by Crippen LogP contribution is -2.42. The predicted octanol–water partition coefficient (Wildman–Crippen LogP) is 1.80. The van der Waals surface area contributed by atoms with E-state index in [0.29, 0.717) is 29.0 Å². The maximum absolute atomic E-state index is 5.96. The molecule has 112 valence electrons. The van der Waals surface area contributed by atoms with Gasteiger partial charge in [-0.25, -0.2) is 0 Å². The van der Waals surface area contributed by atoms with E-state index in [0.717, 1.165) is 31.7 Å². The Hall–Kier alpha value is -1.63. The van der Waals surface area contributed by atoms with Crippen molar-refractivity contribution in [1.29, 1.82) is 0 Å². The van der Waals surface area contributed by atoms with Crippen molar-refractivity contribution in [1.82, 2.24) is 20.4 Å². The van der Waals surface area contributed by atoms with Crippen LogP contribution in [0.25, 0.3) is 11.4 Å². The molecule has 2 aromatic rings. The largest absolute Gasteiger partial charge is 0.496 e. The molecule has 1 aromatic carbocycles. The fourth-order valence-corrected chi connectivity index (χ4v) is 2.50. The summed E-state index contributed by atoms with van der Waals surface area (Å²) in [5.41, 5.74) is 0.775. The average Bonchev–Trinajstić information content (AvgIpc) is 2.96. The second kappa shape index (κ2) is 6.43. The van der Waals surface area contributed by atoms with Crippen molar-refractivity contribution in [2.24, 2.45) is 0 Å². The standard InChI is InChI=1S/C14H17ClN4O2/c1-20-12-8-10(15)2-3-11(12)14-17-13(21-18-14)9-19-6-4-16-5-7-19/h2-3,8,16H,4-7,9H2,1H3. The SMILES string of the molecule is COc1cc(Cl)ccc1-c1noc(CN2CCNCC2)n1. The van der Waals surface area contributed by atoms with E-state index in [9.17, 15) is 0 Å². The maximum Gasteiger partial charge on any atom is 0.241 e. The van der Waals surface area contributed by atoms with E-state index in [1.165, 1.54) is 0 Å². The van der Waals surface area contributed by atoms with Gasteiger partial charge in [0.25, 0.3) is 0 Å². The van der Waals surface area contributed by atoms with Crippen molar-refractivity contribution in [3.05, 3.63) is 29.1 Å². The van der Waals surface area contributed by atoms with Gasteiger partial charge in [-0.3, -0.25) is 4.90 Å². The van der Waals surface area contributed by atoms with Crippen molar-refractivity contribution < 1.29 is 9.26 Å². The first-order chi connectivity index (χ1) is 10.3. The summed E-state index contributed by atoms with van der Waals surface area (Å²) in [4.78, 5) is 6.73. The molecule has 3 rings (SSSR count). The minimum absolute atomic E-state index is 0.522. The first kappa shape index (κ1) is 14.3. The van der Waals surface area contributed by atoms with Crippen LogP contribution in [-0.4, -0.2) is 48.3 Å². The molecule has 1 aliphatic rings. The minimum atomic E-state index is 0.522. The van der Waals surface area contributed by atoms with E-state index in [-0.39, 0.29) is 0 Å². The minimum Gasteiger partial charge on any atom is -0.496 e. The summed E-state index contributed by atoms with van der Waals surface area (Å²) < 4.78 is 10.7. The zero-order chi connectivity index (χ0) is 14.7. The molecular formula is C14H17ClN4O2. The van der Waals surface area contributed by atoms with Crippen LogP contribution < -0.4 is 10.1 Å². The number of methoxy groups -OCH3 is 1. The molecule has 0 aliphatic carbocycles. The molecule has 0 unspecified atom stereocenters. The fraction of sp³-hybridized carbons (Fsp3) is 0.429. The lowest BCUT2D eigenvalue weighted by atomic mass is 10.2. The Bertz CT molecular complexity index is 611. The van der Waals surface area contributed by atoms with Gasteiger partial charge in [0.05, 0.1) is 19.2 Å². The second-order valence-corrected chi connectivity index (χ2v) is 5.32. The van der Waals surface area contributed by atoms with Gasteiger partial charge in [0, 0.05) is 31.2 Å². The molecule has 7 heteroatoms. The first-order valence-electron chi connectivity index (χ1n) is 6.86. The predicted molar refractivity (Wildman–Crippen MR) is 79.4 cm³/mol. The van der Waals surface area contributed by atoms with Gasteiger partial charge in [0.2, 0.25) is 11.7 Å². The molecule has 0 atom stereocenters. The number of hydrogen-bond acceptors (Lipinski definition) is 6. The summed E-state index contributed by atoms with van der Waals surface area (Å²) in [5.74, 6) is 1.77. The molecule has 1 fully saturated rings. The molecule has 21 heavy (non-hydrogen) atoms. The van der Waals surface area contributed by atoms with Gasteiger partial charge >= 0.3 is 0 Å². The summed E-state index contributed by atoms with van der Waals surface area (Å²) in [5, 5.41) is 7.96.